The molecule has 2 bridgehead atoms. The van der Waals surface area contributed by atoms with Crippen LogP contribution in [0.2, 0.25) is 0 Å². The van der Waals surface area contributed by atoms with Crippen molar-refractivity contribution in [2.24, 2.45) is 5.73 Å². The first-order valence-electron chi connectivity index (χ1n) is 15.3. The summed E-state index contributed by atoms with van der Waals surface area (Å²) in [6.45, 7) is 1.99. The molecular formula is C33H37FN6O4. The average molecular weight is 601 g/mol. The molecule has 3 aliphatic rings. The molecule has 3 saturated heterocycles. The quantitative estimate of drug-likeness (QED) is 0.293. The van der Waals surface area contributed by atoms with Crippen LogP contribution in [0, 0.1) is 5.82 Å². The van der Waals surface area contributed by atoms with E-state index in [1.54, 1.807) is 18.2 Å². The van der Waals surface area contributed by atoms with Gasteiger partial charge in [-0.1, -0.05) is 30.3 Å². The Kier molecular flexibility index (Phi) is 7.47. The van der Waals surface area contributed by atoms with E-state index in [9.17, 15) is 15.0 Å². The number of aromatic nitrogens is 2. The summed E-state index contributed by atoms with van der Waals surface area (Å²) in [5.41, 5.74) is 6.94. The van der Waals surface area contributed by atoms with Crippen molar-refractivity contribution in [3.05, 3.63) is 54.3 Å². The Morgan fingerprint density at radius 3 is 2.57 bits per heavy atom. The molecule has 230 valence electrons. The lowest BCUT2D eigenvalue weighted by atomic mass is 9.96. The third-order valence-electron chi connectivity index (χ3n) is 9.53. The lowest BCUT2D eigenvalue weighted by molar-refractivity contribution is -0.136. The maximum absolute atomic E-state index is 16.7. The smallest absolute Gasteiger partial charge is 0.319 e. The Bertz CT molecular complexity index is 1720. The van der Waals surface area contributed by atoms with Crippen LogP contribution in [0.15, 0.2) is 48.5 Å². The second-order valence-corrected chi connectivity index (χ2v) is 12.3. The van der Waals surface area contributed by atoms with Crippen LogP contribution in [0.4, 0.5) is 10.2 Å². The molecule has 11 heteroatoms. The van der Waals surface area contributed by atoms with Gasteiger partial charge in [0, 0.05) is 42.2 Å². The van der Waals surface area contributed by atoms with E-state index in [4.69, 9.17) is 15.5 Å². The third kappa shape index (κ3) is 4.98. The fourth-order valence-corrected chi connectivity index (χ4v) is 7.22. The Balaban J connectivity index is 1.31. The number of nitrogens with two attached hydrogens (primary N) is 1. The minimum absolute atomic E-state index is 0.0510. The first-order valence-corrected chi connectivity index (χ1v) is 15.3. The predicted octanol–water partition coefficient (Wildman–Crippen LogP) is 3.27. The third-order valence-corrected chi connectivity index (χ3v) is 9.53. The lowest BCUT2D eigenvalue weighted by Gasteiger charge is -2.42. The Morgan fingerprint density at radius 1 is 1.07 bits per heavy atom. The summed E-state index contributed by atoms with van der Waals surface area (Å²) in [5, 5.41) is 22.1. The van der Waals surface area contributed by atoms with E-state index in [1.165, 1.54) is 0 Å². The van der Waals surface area contributed by atoms with Crippen LogP contribution in [0.25, 0.3) is 32.8 Å². The van der Waals surface area contributed by atoms with Gasteiger partial charge in [-0.2, -0.15) is 9.97 Å². The molecule has 4 heterocycles. The van der Waals surface area contributed by atoms with Crippen LogP contribution in [-0.4, -0.2) is 100.0 Å². The molecule has 4 aromatic rings. The number of phenols is 1. The number of phenolic OH excluding ortho intramolecular Hbond substituents is 1. The summed E-state index contributed by atoms with van der Waals surface area (Å²) in [7, 11) is 2.07. The van der Waals surface area contributed by atoms with Crippen molar-refractivity contribution in [2.45, 2.75) is 49.9 Å². The number of halogens is 1. The maximum Gasteiger partial charge on any atom is 0.319 e. The maximum atomic E-state index is 16.7. The number of aromatic hydroxyl groups is 1. The molecule has 4 atom stereocenters. The number of hydrogen-bond acceptors (Lipinski definition) is 9. The van der Waals surface area contributed by atoms with E-state index in [0.29, 0.717) is 42.0 Å². The first-order chi connectivity index (χ1) is 21.3. The van der Waals surface area contributed by atoms with Crippen LogP contribution in [0.1, 0.15) is 25.7 Å². The highest BCUT2D eigenvalue weighted by molar-refractivity contribution is 6.01. The predicted molar refractivity (Wildman–Crippen MR) is 166 cm³/mol. The molecule has 0 radical (unpaired) electrons. The van der Waals surface area contributed by atoms with E-state index in [1.807, 2.05) is 35.2 Å². The van der Waals surface area contributed by atoms with Crippen LogP contribution in [0.5, 0.6) is 11.8 Å². The normalized spacial score (nSPS) is 22.7. The zero-order chi connectivity index (χ0) is 30.5. The Morgan fingerprint density at radius 2 is 1.84 bits per heavy atom. The van der Waals surface area contributed by atoms with Crippen molar-refractivity contribution in [3.8, 4) is 22.9 Å². The van der Waals surface area contributed by atoms with E-state index >= 15 is 4.39 Å². The van der Waals surface area contributed by atoms with Crippen LogP contribution < -0.4 is 15.4 Å². The molecule has 2 unspecified atom stereocenters. The van der Waals surface area contributed by atoms with Crippen molar-refractivity contribution >= 4 is 33.4 Å². The average Bonchev–Trinajstić information content (AvgIpc) is 3.56. The number of aliphatic hydroxyl groups excluding tert-OH is 1. The van der Waals surface area contributed by atoms with E-state index in [0.717, 1.165) is 43.0 Å². The molecule has 0 spiro atoms. The number of benzene rings is 3. The van der Waals surface area contributed by atoms with Crippen molar-refractivity contribution in [1.82, 2.24) is 19.8 Å². The van der Waals surface area contributed by atoms with E-state index in [2.05, 4.69) is 21.8 Å². The van der Waals surface area contributed by atoms with Crippen molar-refractivity contribution in [2.75, 3.05) is 44.8 Å². The number of piperazine rings is 1. The van der Waals surface area contributed by atoms with Crippen LogP contribution in [0.3, 0.4) is 0 Å². The topological polar surface area (TPSA) is 128 Å². The van der Waals surface area contributed by atoms with Crippen molar-refractivity contribution in [3.63, 3.8) is 0 Å². The number of fused-ring (bicyclic) bond motifs is 4. The zero-order valence-electron chi connectivity index (χ0n) is 24.7. The number of carbonyl (C=O) groups excluding carboxylic acids is 1. The minimum atomic E-state index is -0.945. The molecular weight excluding hydrogens is 563 g/mol. The molecule has 10 nitrogen and oxygen atoms in total. The Labute approximate surface area is 254 Å². The number of nitrogens with zero attached hydrogens (tertiary/aromatic N) is 5. The number of amides is 1. The Hall–Kier alpha value is -4.06. The molecule has 3 aliphatic heterocycles. The van der Waals surface area contributed by atoms with Crippen molar-refractivity contribution < 1.29 is 24.1 Å². The summed E-state index contributed by atoms with van der Waals surface area (Å²) in [4.78, 5) is 28.6. The fourth-order valence-electron chi connectivity index (χ4n) is 7.22. The molecule has 7 rings (SSSR count). The summed E-state index contributed by atoms with van der Waals surface area (Å²) < 4.78 is 22.8. The van der Waals surface area contributed by atoms with Crippen LogP contribution in [-0.2, 0) is 4.79 Å². The second kappa shape index (κ2) is 11.5. The number of anilines is 1. The van der Waals surface area contributed by atoms with Gasteiger partial charge in [-0.15, -0.1) is 0 Å². The number of likely N-dealkylation sites (tertiary alicyclic amines) is 1. The highest BCUT2D eigenvalue weighted by Crippen LogP contribution is 2.40. The monoisotopic (exact) mass is 600 g/mol. The molecule has 0 aliphatic carbocycles. The summed E-state index contributed by atoms with van der Waals surface area (Å²) in [6, 6.07) is 13.6. The van der Waals surface area contributed by atoms with Gasteiger partial charge in [-0.25, -0.2) is 4.39 Å². The second-order valence-electron chi connectivity index (χ2n) is 12.3. The molecule has 3 fully saturated rings. The highest BCUT2D eigenvalue weighted by Gasteiger charge is 2.44. The molecule has 1 aromatic heterocycles. The van der Waals surface area contributed by atoms with E-state index < -0.39 is 18.5 Å². The number of aliphatic hydroxyl groups is 1. The minimum Gasteiger partial charge on any atom is -0.508 e. The molecule has 0 saturated carbocycles. The van der Waals surface area contributed by atoms with Crippen LogP contribution >= 0.6 is 0 Å². The van der Waals surface area contributed by atoms with Gasteiger partial charge in [0.1, 0.15) is 29.7 Å². The first kappa shape index (κ1) is 28.7. The summed E-state index contributed by atoms with van der Waals surface area (Å²) in [5.74, 6) is -0.150. The molecule has 1 amide bonds. The largest absolute Gasteiger partial charge is 0.508 e. The van der Waals surface area contributed by atoms with E-state index in [-0.39, 0.29) is 41.3 Å². The number of rotatable bonds is 7. The van der Waals surface area contributed by atoms with Gasteiger partial charge in [0.2, 0.25) is 5.91 Å². The molecule has 44 heavy (non-hydrogen) atoms. The summed E-state index contributed by atoms with van der Waals surface area (Å²) in [6.07, 6.45) is 3.73. The lowest BCUT2D eigenvalue weighted by Crippen LogP contribution is -2.60. The number of hydrogen-bond donors (Lipinski definition) is 3. The van der Waals surface area contributed by atoms with Crippen molar-refractivity contribution in [1.29, 1.82) is 0 Å². The van der Waals surface area contributed by atoms with Gasteiger partial charge in [-0.3, -0.25) is 4.79 Å². The summed E-state index contributed by atoms with van der Waals surface area (Å²) >= 11 is 0. The SMILES string of the molecule is CN1CCC[C@H]1COc1nc(N2CC3CCC(C2)N3C(=O)[C@@H](N)CO)c2ccc(-c3cc(O)cc4ccccc34)c(F)c2n1. The van der Waals surface area contributed by atoms with Gasteiger partial charge in [-0.05, 0) is 73.8 Å². The molecule has 4 N–H and O–H groups in total. The number of ether oxygens (including phenoxy) is 1. The van der Waals surface area contributed by atoms with Gasteiger partial charge in [0.25, 0.3) is 0 Å². The number of carbonyl (C=O) groups is 1. The fraction of sp³-hybridized carbons (Fsp3) is 0.424. The highest BCUT2D eigenvalue weighted by atomic mass is 19.1. The number of likely N-dealkylation sites (N-methyl/N-ethyl adjacent to an activating group) is 1. The van der Waals surface area contributed by atoms with Gasteiger partial charge in [0.05, 0.1) is 6.61 Å². The van der Waals surface area contributed by atoms with Gasteiger partial charge in [0.15, 0.2) is 5.82 Å². The molecule has 3 aromatic carbocycles. The standard InChI is InChI=1S/C33H37FN6O4/c1-38-12-4-6-22(38)18-44-33-36-30-26(11-10-25(29(30)34)27-14-23(42)13-19-5-2-3-7-24(19)27)31(37-33)39-15-20-8-9-21(16-39)40(20)32(43)28(35)17-41/h2-3,5,7,10-11,13-14,20-22,28,41-42H,4,6,8-9,12,15-18,35H2,1H3/t20?,21?,22-,28-/m0/s1. The van der Waals surface area contributed by atoms with Gasteiger partial charge < -0.3 is 35.4 Å². The zero-order valence-corrected chi connectivity index (χ0v) is 24.7. The van der Waals surface area contributed by atoms with Gasteiger partial charge >= 0.3 is 6.01 Å².